The van der Waals surface area contributed by atoms with Gasteiger partial charge in [-0.2, -0.15) is 0 Å². The van der Waals surface area contributed by atoms with Crippen molar-refractivity contribution in [1.29, 1.82) is 0 Å². The molecule has 0 fully saturated rings. The van der Waals surface area contributed by atoms with Crippen LogP contribution in [0.1, 0.15) is 32.0 Å². The van der Waals surface area contributed by atoms with Gasteiger partial charge >= 0.3 is 0 Å². The van der Waals surface area contributed by atoms with Crippen molar-refractivity contribution in [3.8, 4) is 0 Å². The first-order valence-electron chi connectivity index (χ1n) is 8.69. The summed E-state index contributed by atoms with van der Waals surface area (Å²) in [7, 11) is 0. The fourth-order valence-corrected chi connectivity index (χ4v) is 4.29. The van der Waals surface area contributed by atoms with Gasteiger partial charge in [-0.05, 0) is 43.7 Å². The summed E-state index contributed by atoms with van der Waals surface area (Å²) in [6.07, 6.45) is 3.20. The first-order chi connectivity index (χ1) is 13.5. The van der Waals surface area contributed by atoms with Gasteiger partial charge in [0.25, 0.3) is 5.91 Å². The SMILES string of the molecule is Cc1nc(C)c(C(=O)C2=C(O)C(=O)N(c3ccccc3)C2c2ccncc2)s1. The highest BCUT2D eigenvalue weighted by Crippen LogP contribution is 2.42. The van der Waals surface area contributed by atoms with Crippen molar-refractivity contribution in [2.45, 2.75) is 19.9 Å². The molecule has 1 aliphatic heterocycles. The van der Waals surface area contributed by atoms with E-state index in [0.717, 1.165) is 5.01 Å². The Bertz CT molecular complexity index is 1090. The van der Waals surface area contributed by atoms with E-state index >= 15 is 0 Å². The Hall–Kier alpha value is -3.32. The maximum Gasteiger partial charge on any atom is 0.294 e. The molecule has 1 unspecified atom stereocenters. The molecule has 0 saturated carbocycles. The largest absolute Gasteiger partial charge is 0.503 e. The molecule has 1 amide bonds. The summed E-state index contributed by atoms with van der Waals surface area (Å²) < 4.78 is 0. The fourth-order valence-electron chi connectivity index (χ4n) is 3.42. The molecular formula is C21H17N3O3S. The Morgan fingerprint density at radius 2 is 1.79 bits per heavy atom. The van der Waals surface area contributed by atoms with Crippen LogP contribution in [-0.2, 0) is 4.79 Å². The molecule has 1 aliphatic rings. The third-order valence-corrected chi connectivity index (χ3v) is 5.69. The summed E-state index contributed by atoms with van der Waals surface area (Å²) >= 11 is 1.26. The normalized spacial score (nSPS) is 16.7. The number of anilines is 1. The van der Waals surface area contributed by atoms with Gasteiger partial charge in [0.05, 0.1) is 27.2 Å². The number of pyridine rings is 1. The molecule has 0 bridgehead atoms. The van der Waals surface area contributed by atoms with E-state index in [2.05, 4.69) is 9.97 Å². The molecule has 4 rings (SSSR count). The van der Waals surface area contributed by atoms with Gasteiger partial charge in [-0.15, -0.1) is 11.3 Å². The van der Waals surface area contributed by atoms with Crippen molar-refractivity contribution in [2.75, 3.05) is 4.90 Å². The second-order valence-corrected chi connectivity index (χ2v) is 7.64. The Labute approximate surface area is 165 Å². The molecule has 0 radical (unpaired) electrons. The van der Waals surface area contributed by atoms with Crippen LogP contribution in [0.15, 0.2) is 66.2 Å². The first-order valence-corrected chi connectivity index (χ1v) is 9.51. The maximum absolute atomic E-state index is 13.4. The van der Waals surface area contributed by atoms with Gasteiger partial charge in [0.1, 0.15) is 0 Å². The summed E-state index contributed by atoms with van der Waals surface area (Å²) in [6, 6.07) is 11.7. The summed E-state index contributed by atoms with van der Waals surface area (Å²) in [4.78, 5) is 36.5. The third-order valence-electron chi connectivity index (χ3n) is 4.62. The number of ketones is 1. The smallest absolute Gasteiger partial charge is 0.294 e. The van der Waals surface area contributed by atoms with Crippen LogP contribution in [-0.4, -0.2) is 26.8 Å². The standard InChI is InChI=1S/C21H17N3O3S/c1-12-20(28-13(2)23-12)18(25)16-17(14-8-10-22-11-9-14)24(21(27)19(16)26)15-6-4-3-5-7-15/h3-11,17,26H,1-2H3. The van der Waals surface area contributed by atoms with Crippen molar-refractivity contribution in [1.82, 2.24) is 9.97 Å². The quantitative estimate of drug-likeness (QED) is 0.681. The van der Waals surface area contributed by atoms with Crippen LogP contribution < -0.4 is 4.90 Å². The average Bonchev–Trinajstić information content (AvgIpc) is 3.18. The number of para-hydroxylation sites is 1. The minimum Gasteiger partial charge on any atom is -0.503 e. The highest BCUT2D eigenvalue weighted by molar-refractivity contribution is 7.14. The Morgan fingerprint density at radius 1 is 1.11 bits per heavy atom. The number of aliphatic hydroxyl groups excluding tert-OH is 1. The van der Waals surface area contributed by atoms with E-state index in [1.807, 2.05) is 13.0 Å². The van der Waals surface area contributed by atoms with E-state index in [1.54, 1.807) is 55.7 Å². The number of carbonyl (C=O) groups is 2. The average molecular weight is 391 g/mol. The van der Waals surface area contributed by atoms with Gasteiger partial charge in [0.2, 0.25) is 5.78 Å². The number of rotatable bonds is 4. The van der Waals surface area contributed by atoms with Crippen LogP contribution in [0.4, 0.5) is 5.69 Å². The molecule has 3 aromatic rings. The molecule has 3 heterocycles. The number of aryl methyl sites for hydroxylation is 2. The molecule has 1 aromatic carbocycles. The Morgan fingerprint density at radius 3 is 2.39 bits per heavy atom. The molecule has 28 heavy (non-hydrogen) atoms. The number of Topliss-reactive ketones (excluding diaryl/α,β-unsaturated/α-hetero) is 1. The minimum atomic E-state index is -0.743. The number of nitrogens with zero attached hydrogens (tertiary/aromatic N) is 3. The second kappa shape index (κ2) is 7.01. The minimum absolute atomic E-state index is 0.0619. The number of hydrogen-bond donors (Lipinski definition) is 1. The molecule has 140 valence electrons. The van der Waals surface area contributed by atoms with Gasteiger partial charge in [-0.3, -0.25) is 19.5 Å². The summed E-state index contributed by atoms with van der Waals surface area (Å²) in [6.45, 7) is 3.57. The maximum atomic E-state index is 13.4. The zero-order valence-corrected chi connectivity index (χ0v) is 16.1. The number of carbonyl (C=O) groups excluding carboxylic acids is 2. The lowest BCUT2D eigenvalue weighted by Gasteiger charge is -2.26. The monoisotopic (exact) mass is 391 g/mol. The van der Waals surface area contributed by atoms with Gasteiger partial charge in [-0.25, -0.2) is 4.98 Å². The number of aromatic nitrogens is 2. The molecule has 2 aromatic heterocycles. The van der Waals surface area contributed by atoms with Crippen LogP contribution in [0.2, 0.25) is 0 Å². The predicted octanol–water partition coefficient (Wildman–Crippen LogP) is 3.94. The van der Waals surface area contributed by atoms with E-state index < -0.39 is 17.7 Å². The van der Waals surface area contributed by atoms with Crippen molar-refractivity contribution < 1.29 is 14.7 Å². The van der Waals surface area contributed by atoms with Crippen LogP contribution in [0, 0.1) is 13.8 Å². The van der Waals surface area contributed by atoms with Crippen LogP contribution >= 0.6 is 11.3 Å². The molecule has 0 saturated heterocycles. The molecular weight excluding hydrogens is 374 g/mol. The molecule has 7 heteroatoms. The molecule has 0 aliphatic carbocycles. The molecule has 0 spiro atoms. The lowest BCUT2D eigenvalue weighted by molar-refractivity contribution is -0.117. The molecule has 6 nitrogen and oxygen atoms in total. The van der Waals surface area contributed by atoms with Crippen molar-refractivity contribution in [3.63, 3.8) is 0 Å². The van der Waals surface area contributed by atoms with Crippen molar-refractivity contribution in [3.05, 3.63) is 87.3 Å². The van der Waals surface area contributed by atoms with E-state index in [9.17, 15) is 14.7 Å². The summed E-state index contributed by atoms with van der Waals surface area (Å²) in [5, 5.41) is 11.4. The summed E-state index contributed by atoms with van der Waals surface area (Å²) in [5.74, 6) is -1.51. The van der Waals surface area contributed by atoms with Crippen LogP contribution in [0.25, 0.3) is 0 Å². The van der Waals surface area contributed by atoms with Gasteiger partial charge in [0, 0.05) is 18.1 Å². The Balaban J connectivity index is 1.89. The third kappa shape index (κ3) is 2.90. The highest BCUT2D eigenvalue weighted by atomic mass is 32.1. The van der Waals surface area contributed by atoms with Gasteiger partial charge in [0.15, 0.2) is 5.76 Å². The lowest BCUT2D eigenvalue weighted by atomic mass is 9.95. The van der Waals surface area contributed by atoms with E-state index in [4.69, 9.17) is 0 Å². The van der Waals surface area contributed by atoms with Gasteiger partial charge < -0.3 is 5.11 Å². The topological polar surface area (TPSA) is 83.4 Å². The van der Waals surface area contributed by atoms with Gasteiger partial charge in [-0.1, -0.05) is 18.2 Å². The van der Waals surface area contributed by atoms with Crippen molar-refractivity contribution >= 4 is 28.7 Å². The van der Waals surface area contributed by atoms with E-state index in [0.29, 0.717) is 21.8 Å². The number of amides is 1. The predicted molar refractivity (Wildman–Crippen MR) is 106 cm³/mol. The van der Waals surface area contributed by atoms with Crippen LogP contribution in [0.3, 0.4) is 0 Å². The highest BCUT2D eigenvalue weighted by Gasteiger charge is 2.45. The number of thiazole rings is 1. The summed E-state index contributed by atoms with van der Waals surface area (Å²) in [5.41, 5.74) is 1.94. The van der Waals surface area contributed by atoms with Crippen LogP contribution in [0.5, 0.6) is 0 Å². The Kier molecular flexibility index (Phi) is 4.52. The second-order valence-electron chi connectivity index (χ2n) is 6.43. The first kappa shape index (κ1) is 18.1. The number of hydrogen-bond acceptors (Lipinski definition) is 6. The molecule has 1 atom stereocenters. The van der Waals surface area contributed by atoms with E-state index in [1.165, 1.54) is 16.2 Å². The van der Waals surface area contributed by atoms with Crippen molar-refractivity contribution in [2.24, 2.45) is 0 Å². The number of aliphatic hydroxyl groups is 1. The van der Waals surface area contributed by atoms with E-state index in [-0.39, 0.29) is 11.4 Å². The fraction of sp³-hybridized carbons (Fsp3) is 0.143. The zero-order chi connectivity index (χ0) is 19.8. The molecule has 1 N–H and O–H groups in total. The lowest BCUT2D eigenvalue weighted by Crippen LogP contribution is -2.31. The number of benzene rings is 1. The zero-order valence-electron chi connectivity index (χ0n) is 15.3.